The van der Waals surface area contributed by atoms with Crippen molar-refractivity contribution in [1.82, 2.24) is 15.2 Å². The Morgan fingerprint density at radius 1 is 1.30 bits per heavy atom. The van der Waals surface area contributed by atoms with Crippen molar-refractivity contribution < 1.29 is 38.8 Å². The van der Waals surface area contributed by atoms with Gasteiger partial charge in [-0.15, -0.1) is 34.4 Å². The lowest BCUT2D eigenvalue weighted by molar-refractivity contribution is -0.687. The number of nitrogens with two attached hydrogens (primary N) is 1. The fourth-order valence-corrected chi connectivity index (χ4v) is 6.79. The Morgan fingerprint density at radius 3 is 2.75 bits per heavy atom. The second-order valence-electron chi connectivity index (χ2n) is 9.39. The lowest BCUT2D eigenvalue weighted by Crippen LogP contribution is -2.71. The molecule has 0 aromatic carbocycles. The molecule has 0 spiro atoms. The number of aliphatic carboxylic acids is 2. The maximum Gasteiger partial charge on any atom is 0.352 e. The number of rotatable bonds is 9. The van der Waals surface area contributed by atoms with Gasteiger partial charge in [0.05, 0.1) is 4.70 Å². The van der Waals surface area contributed by atoms with E-state index in [0.717, 1.165) is 21.4 Å². The fourth-order valence-electron chi connectivity index (χ4n) is 4.08. The zero-order valence-corrected chi connectivity index (χ0v) is 23.5. The predicted octanol–water partition coefficient (Wildman–Crippen LogP) is 1.25. The third-order valence-electron chi connectivity index (χ3n) is 6.23. The van der Waals surface area contributed by atoms with Gasteiger partial charge in [0, 0.05) is 28.2 Å². The van der Waals surface area contributed by atoms with Crippen LogP contribution < -0.4 is 15.6 Å². The Balaban J connectivity index is 1.36. The summed E-state index contributed by atoms with van der Waals surface area (Å²) in [5.74, 6) is -3.66. The van der Waals surface area contributed by atoms with Crippen LogP contribution in [-0.4, -0.2) is 72.3 Å². The molecule has 0 aliphatic carbocycles. The van der Waals surface area contributed by atoms with Crippen LogP contribution in [0.5, 0.6) is 0 Å². The van der Waals surface area contributed by atoms with Gasteiger partial charge in [0.15, 0.2) is 29.8 Å². The van der Waals surface area contributed by atoms with Crippen LogP contribution in [0, 0.1) is 0 Å². The van der Waals surface area contributed by atoms with E-state index in [2.05, 4.69) is 15.5 Å². The number of hydrogen-bond donors (Lipinski definition) is 4. The van der Waals surface area contributed by atoms with Crippen LogP contribution in [0.25, 0.3) is 10.1 Å². The van der Waals surface area contributed by atoms with E-state index in [4.69, 9.17) is 10.6 Å². The van der Waals surface area contributed by atoms with Crippen LogP contribution in [0.3, 0.4) is 0 Å². The first-order chi connectivity index (χ1) is 19.0. The molecule has 2 aliphatic rings. The van der Waals surface area contributed by atoms with E-state index >= 15 is 0 Å². The number of thiophene rings is 1. The van der Waals surface area contributed by atoms with Crippen molar-refractivity contribution in [2.75, 3.05) is 11.5 Å². The quantitative estimate of drug-likeness (QED) is 0.120. The minimum Gasteiger partial charge on any atom is -0.478 e. The van der Waals surface area contributed by atoms with Gasteiger partial charge in [-0.3, -0.25) is 14.5 Å². The minimum absolute atomic E-state index is 0.0363. The third kappa shape index (κ3) is 5.12. The molecule has 0 radical (unpaired) electrons. The lowest BCUT2D eigenvalue weighted by atomic mass is 10.0. The van der Waals surface area contributed by atoms with E-state index in [-0.39, 0.29) is 28.8 Å². The van der Waals surface area contributed by atoms with Crippen LogP contribution in [-0.2, 0) is 30.6 Å². The summed E-state index contributed by atoms with van der Waals surface area (Å²) in [6.45, 7) is 2.79. The van der Waals surface area contributed by atoms with Gasteiger partial charge in [-0.25, -0.2) is 14.6 Å². The van der Waals surface area contributed by atoms with Crippen molar-refractivity contribution in [1.29, 1.82) is 0 Å². The highest BCUT2D eigenvalue weighted by Crippen LogP contribution is 2.40. The van der Waals surface area contributed by atoms with Crippen molar-refractivity contribution in [3.63, 3.8) is 0 Å². The number of nitrogens with zero attached hydrogens (tertiary/aromatic N) is 4. The number of nitrogens with one attached hydrogen (secondary N) is 1. The van der Waals surface area contributed by atoms with Gasteiger partial charge in [-0.05, 0) is 25.3 Å². The number of carboxylic acid groups (broad SMARTS) is 2. The predicted molar refractivity (Wildman–Crippen MR) is 148 cm³/mol. The summed E-state index contributed by atoms with van der Waals surface area (Å²) in [6.07, 6.45) is 3.79. The Labute approximate surface area is 238 Å². The fraction of sp³-hybridized carbons (Fsp3) is 0.292. The van der Waals surface area contributed by atoms with E-state index in [1.54, 1.807) is 11.3 Å². The summed E-state index contributed by atoms with van der Waals surface area (Å²) in [5.41, 5.74) is 4.06. The molecule has 0 bridgehead atoms. The Bertz CT molecular complexity index is 1610. The Hall–Kier alpha value is -4.02. The molecule has 3 aromatic rings. The van der Waals surface area contributed by atoms with Crippen LogP contribution in [0.15, 0.2) is 51.7 Å². The van der Waals surface area contributed by atoms with Gasteiger partial charge in [0.2, 0.25) is 5.60 Å². The third-order valence-corrected chi connectivity index (χ3v) is 9.11. The lowest BCUT2D eigenvalue weighted by Gasteiger charge is -2.49. The number of amides is 2. The monoisotopic (exact) mass is 603 g/mol. The van der Waals surface area contributed by atoms with Gasteiger partial charge in [-0.1, -0.05) is 5.16 Å². The molecule has 2 aliphatic heterocycles. The maximum absolute atomic E-state index is 13.2. The summed E-state index contributed by atoms with van der Waals surface area (Å²) in [5, 5.41) is 29.6. The normalized spacial score (nSPS) is 19.3. The van der Waals surface area contributed by atoms with Gasteiger partial charge in [-0.2, -0.15) is 4.57 Å². The number of nitrogen functional groups attached to an aromatic ring is 1. The molecule has 16 heteroatoms. The zero-order valence-electron chi connectivity index (χ0n) is 21.1. The number of carbonyl (C=O) groups excluding carboxylic acids is 2. The van der Waals surface area contributed by atoms with Gasteiger partial charge >= 0.3 is 11.9 Å². The standard InChI is InChI=1S/C24H22N6O7S3/c1-24(2,22(35)36)37-28-15(13-10-40-23(25)26-13)18(31)27-16-19(32)30-17(21(33)34)12(9-39-20(16)30)7-29-5-3-11-4-6-38-14(11)8-29/h3-6,8,10,16,20H,7,9H2,1-2H3,(H4-,25,26,27,31,33,34,35,36)/p+1/b28-15+. The molecule has 5 N–H and O–H groups in total. The molecule has 2 amide bonds. The molecule has 40 heavy (non-hydrogen) atoms. The second kappa shape index (κ2) is 10.5. The molecular weight excluding hydrogens is 581 g/mol. The number of fused-ring (bicyclic) bond motifs is 2. The van der Waals surface area contributed by atoms with Crippen molar-refractivity contribution in [3.8, 4) is 0 Å². The SMILES string of the molecule is CC(C)(O/N=C(/C(=O)NC1C(=O)N2C(C(=O)O)=C(C[n+]3ccc4ccsc4c3)CSC12)c1csc(N)n1)C(=O)O. The number of carbonyl (C=O) groups is 4. The van der Waals surface area contributed by atoms with Gasteiger partial charge in [0.25, 0.3) is 11.8 Å². The van der Waals surface area contributed by atoms with Crippen molar-refractivity contribution in [2.45, 2.75) is 37.4 Å². The second-order valence-corrected chi connectivity index (χ2v) is 12.3. The first kappa shape index (κ1) is 27.5. The number of thiazole rings is 1. The molecule has 1 fully saturated rings. The number of pyridine rings is 1. The van der Waals surface area contributed by atoms with E-state index in [0.29, 0.717) is 11.3 Å². The Morgan fingerprint density at radius 2 is 2.08 bits per heavy atom. The smallest absolute Gasteiger partial charge is 0.352 e. The van der Waals surface area contributed by atoms with E-state index in [9.17, 15) is 29.4 Å². The van der Waals surface area contributed by atoms with Crippen molar-refractivity contribution >= 4 is 79.1 Å². The summed E-state index contributed by atoms with van der Waals surface area (Å²) >= 11 is 3.94. The summed E-state index contributed by atoms with van der Waals surface area (Å²) in [4.78, 5) is 60.4. The number of aromatic nitrogens is 2. The average Bonchev–Trinajstić information content (AvgIpc) is 3.55. The molecule has 5 heterocycles. The molecule has 0 saturated carbocycles. The number of thioether (sulfide) groups is 1. The average molecular weight is 604 g/mol. The zero-order chi connectivity index (χ0) is 28.8. The van der Waals surface area contributed by atoms with Crippen LogP contribution in [0.4, 0.5) is 5.13 Å². The first-order valence-corrected chi connectivity index (χ1v) is 14.5. The topological polar surface area (TPSA) is 188 Å². The van der Waals surface area contributed by atoms with Crippen LogP contribution in [0.1, 0.15) is 19.5 Å². The van der Waals surface area contributed by atoms with E-state index < -0.39 is 40.8 Å². The number of carboxylic acids is 2. The number of β-lactam (4-membered cyclic amide) rings is 1. The summed E-state index contributed by atoms with van der Waals surface area (Å²) in [7, 11) is 0. The molecular formula is C24H23N6O7S3+. The summed E-state index contributed by atoms with van der Waals surface area (Å²) < 4.78 is 2.93. The number of hydrogen-bond acceptors (Lipinski definition) is 11. The number of oxime groups is 1. The van der Waals surface area contributed by atoms with Crippen molar-refractivity contribution in [3.05, 3.63) is 52.3 Å². The van der Waals surface area contributed by atoms with Gasteiger partial charge < -0.3 is 26.1 Å². The molecule has 2 unspecified atom stereocenters. The molecule has 13 nitrogen and oxygen atoms in total. The van der Waals surface area contributed by atoms with Crippen LogP contribution >= 0.6 is 34.4 Å². The highest BCUT2D eigenvalue weighted by Gasteiger charge is 2.55. The molecule has 3 aromatic heterocycles. The first-order valence-electron chi connectivity index (χ1n) is 11.7. The maximum atomic E-state index is 13.2. The molecule has 208 valence electrons. The number of anilines is 1. The van der Waals surface area contributed by atoms with E-state index in [1.165, 1.54) is 35.9 Å². The van der Waals surface area contributed by atoms with Crippen LogP contribution in [0.2, 0.25) is 0 Å². The summed E-state index contributed by atoms with van der Waals surface area (Å²) in [6, 6.07) is 2.90. The molecule has 1 saturated heterocycles. The highest BCUT2D eigenvalue weighted by molar-refractivity contribution is 8.00. The highest BCUT2D eigenvalue weighted by atomic mass is 32.2. The van der Waals surface area contributed by atoms with Crippen molar-refractivity contribution in [2.24, 2.45) is 5.16 Å². The largest absolute Gasteiger partial charge is 0.478 e. The van der Waals surface area contributed by atoms with E-state index in [1.807, 2.05) is 34.5 Å². The minimum atomic E-state index is -1.75. The molecule has 5 rings (SSSR count). The van der Waals surface area contributed by atoms with Gasteiger partial charge in [0.1, 0.15) is 22.8 Å². The molecule has 2 atom stereocenters. The Kier molecular flexibility index (Phi) is 7.24.